The fourth-order valence-corrected chi connectivity index (χ4v) is 2.77. The maximum absolute atomic E-state index is 11.4. The summed E-state index contributed by atoms with van der Waals surface area (Å²) in [4.78, 5) is 11.4. The predicted molar refractivity (Wildman–Crippen MR) is 107 cm³/mol. The normalized spacial score (nSPS) is 11.4. The summed E-state index contributed by atoms with van der Waals surface area (Å²) in [6.45, 7) is 4.95. The van der Waals surface area contributed by atoms with E-state index in [1.807, 2.05) is 18.2 Å². The Morgan fingerprint density at radius 1 is 1.00 bits per heavy atom. The molecule has 0 amide bonds. The number of carboxylic acid groups (broad SMARTS) is 1. The van der Waals surface area contributed by atoms with E-state index in [0.29, 0.717) is 30.1 Å². The molecule has 0 radical (unpaired) electrons. The van der Waals surface area contributed by atoms with Gasteiger partial charge in [-0.3, -0.25) is 0 Å². The highest BCUT2D eigenvalue weighted by Crippen LogP contribution is 2.29. The fraction of sp³-hybridized carbons (Fsp3) is 0.591. The van der Waals surface area contributed by atoms with Crippen molar-refractivity contribution in [2.24, 2.45) is 0 Å². The van der Waals surface area contributed by atoms with Crippen molar-refractivity contribution in [1.82, 2.24) is 0 Å². The number of methoxy groups -OCH3 is 1. The first kappa shape index (κ1) is 22.1. The number of ether oxygens (including phenoxy) is 2. The Morgan fingerprint density at radius 2 is 1.69 bits per heavy atom. The summed E-state index contributed by atoms with van der Waals surface area (Å²) >= 11 is 0. The third-order valence-electron chi connectivity index (χ3n) is 4.36. The molecule has 0 heterocycles. The van der Waals surface area contributed by atoms with E-state index < -0.39 is 5.97 Å². The van der Waals surface area contributed by atoms with Gasteiger partial charge in [-0.2, -0.15) is 0 Å². The van der Waals surface area contributed by atoms with E-state index >= 15 is 0 Å². The number of rotatable bonds is 14. The van der Waals surface area contributed by atoms with Crippen molar-refractivity contribution in [3.05, 3.63) is 29.3 Å². The molecule has 0 aromatic heterocycles. The molecule has 26 heavy (non-hydrogen) atoms. The molecule has 146 valence electrons. The molecule has 1 aromatic rings. The van der Waals surface area contributed by atoms with Crippen molar-refractivity contribution >= 4 is 12.0 Å². The second-order valence-corrected chi connectivity index (χ2v) is 6.60. The number of benzene rings is 1. The van der Waals surface area contributed by atoms with Crippen LogP contribution in [0.3, 0.4) is 0 Å². The molecule has 4 heteroatoms. The topological polar surface area (TPSA) is 55.8 Å². The van der Waals surface area contributed by atoms with Crippen LogP contribution in [0.25, 0.3) is 6.08 Å². The van der Waals surface area contributed by atoms with E-state index in [-0.39, 0.29) is 0 Å². The van der Waals surface area contributed by atoms with E-state index in [1.54, 1.807) is 13.2 Å². The zero-order valence-electron chi connectivity index (χ0n) is 16.6. The van der Waals surface area contributed by atoms with Gasteiger partial charge >= 0.3 is 5.97 Å². The minimum Gasteiger partial charge on any atom is -0.493 e. The largest absolute Gasteiger partial charge is 0.493 e. The lowest BCUT2D eigenvalue weighted by Gasteiger charge is -2.12. The minimum absolute atomic E-state index is 0.426. The van der Waals surface area contributed by atoms with Crippen molar-refractivity contribution < 1.29 is 19.4 Å². The standard InChI is InChI=1S/C22H34O4/c1-4-6-8-9-10-11-15-26-20-14-13-18(17-21(20)25-3)16-19(22(23)24)12-7-5-2/h13-14,16-17H,4-12,15H2,1-3H3,(H,23,24)/b19-16+. The van der Waals surface area contributed by atoms with Crippen LogP contribution in [0.1, 0.15) is 77.2 Å². The van der Waals surface area contributed by atoms with Gasteiger partial charge in [0.05, 0.1) is 13.7 Å². The van der Waals surface area contributed by atoms with Gasteiger partial charge in [-0.05, 0) is 43.0 Å². The van der Waals surface area contributed by atoms with Crippen LogP contribution < -0.4 is 9.47 Å². The maximum atomic E-state index is 11.4. The summed E-state index contributed by atoms with van der Waals surface area (Å²) in [6.07, 6.45) is 11.5. The van der Waals surface area contributed by atoms with Gasteiger partial charge in [-0.15, -0.1) is 0 Å². The number of unbranched alkanes of at least 4 members (excludes halogenated alkanes) is 6. The Hall–Kier alpha value is -1.97. The third-order valence-corrected chi connectivity index (χ3v) is 4.36. The van der Waals surface area contributed by atoms with Gasteiger partial charge < -0.3 is 14.6 Å². The minimum atomic E-state index is -0.860. The quantitative estimate of drug-likeness (QED) is 0.321. The molecule has 1 rings (SSSR count). The molecule has 1 N–H and O–H groups in total. The molecule has 0 saturated heterocycles. The van der Waals surface area contributed by atoms with Crippen LogP contribution in [-0.4, -0.2) is 24.8 Å². The average molecular weight is 363 g/mol. The van der Waals surface area contributed by atoms with E-state index in [1.165, 1.54) is 32.1 Å². The van der Waals surface area contributed by atoms with E-state index in [2.05, 4.69) is 13.8 Å². The zero-order valence-corrected chi connectivity index (χ0v) is 16.6. The maximum Gasteiger partial charge on any atom is 0.331 e. The monoisotopic (exact) mass is 362 g/mol. The highest BCUT2D eigenvalue weighted by Gasteiger charge is 2.09. The van der Waals surface area contributed by atoms with Gasteiger partial charge in [-0.1, -0.05) is 58.4 Å². The summed E-state index contributed by atoms with van der Waals surface area (Å²) in [6, 6.07) is 5.58. The Balaban J connectivity index is 2.64. The van der Waals surface area contributed by atoms with E-state index in [4.69, 9.17) is 9.47 Å². The van der Waals surface area contributed by atoms with Gasteiger partial charge in [0.25, 0.3) is 0 Å². The van der Waals surface area contributed by atoms with Crippen LogP contribution in [0.2, 0.25) is 0 Å². The first-order valence-corrected chi connectivity index (χ1v) is 9.87. The zero-order chi connectivity index (χ0) is 19.2. The Kier molecular flexibility index (Phi) is 11.3. The smallest absolute Gasteiger partial charge is 0.331 e. The SMILES string of the molecule is CCCCCCCCOc1ccc(/C=C(\CCCC)C(=O)O)cc1OC. The van der Waals surface area contributed by atoms with Gasteiger partial charge in [0.2, 0.25) is 0 Å². The van der Waals surface area contributed by atoms with Crippen LogP contribution >= 0.6 is 0 Å². The van der Waals surface area contributed by atoms with Gasteiger partial charge in [-0.25, -0.2) is 4.79 Å². The molecule has 0 fully saturated rings. The predicted octanol–water partition coefficient (Wildman–Crippen LogP) is 6.09. The Morgan fingerprint density at radius 3 is 2.35 bits per heavy atom. The Labute approximate surface area is 158 Å². The first-order valence-electron chi connectivity index (χ1n) is 9.87. The molecular weight excluding hydrogens is 328 g/mol. The second kappa shape index (κ2) is 13.3. The summed E-state index contributed by atoms with van der Waals surface area (Å²) in [5, 5.41) is 9.34. The lowest BCUT2D eigenvalue weighted by Crippen LogP contribution is -2.01. The molecule has 4 nitrogen and oxygen atoms in total. The van der Waals surface area contributed by atoms with Crippen LogP contribution in [0.15, 0.2) is 23.8 Å². The molecule has 0 saturated carbocycles. The number of carbonyl (C=O) groups is 1. The Bertz CT molecular complexity index is 563. The van der Waals surface area contributed by atoms with Crippen molar-refractivity contribution in [3.8, 4) is 11.5 Å². The van der Waals surface area contributed by atoms with Crippen molar-refractivity contribution in [2.45, 2.75) is 71.6 Å². The number of hydrogen-bond donors (Lipinski definition) is 1. The molecule has 0 unspecified atom stereocenters. The van der Waals surface area contributed by atoms with E-state index in [9.17, 15) is 9.90 Å². The molecule has 0 spiro atoms. The molecule has 0 bridgehead atoms. The molecule has 0 aliphatic rings. The summed E-state index contributed by atoms with van der Waals surface area (Å²) in [7, 11) is 1.61. The summed E-state index contributed by atoms with van der Waals surface area (Å²) < 4.78 is 11.3. The van der Waals surface area contributed by atoms with Crippen molar-refractivity contribution in [2.75, 3.05) is 13.7 Å². The number of hydrogen-bond acceptors (Lipinski definition) is 3. The summed E-state index contributed by atoms with van der Waals surface area (Å²) in [5.74, 6) is 0.495. The fourth-order valence-electron chi connectivity index (χ4n) is 2.77. The van der Waals surface area contributed by atoms with Crippen LogP contribution in [0.5, 0.6) is 11.5 Å². The summed E-state index contributed by atoms with van der Waals surface area (Å²) in [5.41, 5.74) is 1.25. The second-order valence-electron chi connectivity index (χ2n) is 6.60. The number of carboxylic acids is 1. The number of aliphatic carboxylic acids is 1. The van der Waals surface area contributed by atoms with Crippen LogP contribution in [-0.2, 0) is 4.79 Å². The average Bonchev–Trinajstić information content (AvgIpc) is 2.64. The van der Waals surface area contributed by atoms with Crippen molar-refractivity contribution in [3.63, 3.8) is 0 Å². The lowest BCUT2D eigenvalue weighted by atomic mass is 10.0. The third kappa shape index (κ3) is 8.41. The molecule has 0 aliphatic carbocycles. The molecule has 1 aromatic carbocycles. The van der Waals surface area contributed by atoms with Crippen molar-refractivity contribution in [1.29, 1.82) is 0 Å². The van der Waals surface area contributed by atoms with Gasteiger partial charge in [0, 0.05) is 5.57 Å². The molecular formula is C22H34O4. The lowest BCUT2D eigenvalue weighted by molar-refractivity contribution is -0.132. The highest BCUT2D eigenvalue weighted by molar-refractivity contribution is 5.92. The first-order chi connectivity index (χ1) is 12.6. The van der Waals surface area contributed by atoms with Gasteiger partial charge in [0.15, 0.2) is 11.5 Å². The van der Waals surface area contributed by atoms with Gasteiger partial charge in [0.1, 0.15) is 0 Å². The highest BCUT2D eigenvalue weighted by atomic mass is 16.5. The van der Waals surface area contributed by atoms with E-state index in [0.717, 1.165) is 24.8 Å². The van der Waals surface area contributed by atoms with Crippen LogP contribution in [0, 0.1) is 0 Å². The van der Waals surface area contributed by atoms with Crippen LogP contribution in [0.4, 0.5) is 0 Å². The molecule has 0 atom stereocenters. The molecule has 0 aliphatic heterocycles.